The van der Waals surface area contributed by atoms with Crippen LogP contribution in [-0.2, 0) is 10.0 Å². The highest BCUT2D eigenvalue weighted by Gasteiger charge is 2.20. The fraction of sp³-hybridized carbons (Fsp3) is 0.143. The molecule has 64 valence electrons. The van der Waals surface area contributed by atoms with Crippen molar-refractivity contribution in [2.45, 2.75) is 4.90 Å². The van der Waals surface area contributed by atoms with Gasteiger partial charge in [-0.2, -0.15) is 0 Å². The third-order valence-electron chi connectivity index (χ3n) is 1.56. The van der Waals surface area contributed by atoms with Gasteiger partial charge >= 0.3 is 0 Å². The van der Waals surface area contributed by atoms with E-state index in [1.54, 1.807) is 7.11 Å². The number of methoxy groups -OCH3 is 1. The monoisotopic (exact) mass is 201 g/mol. The first-order chi connectivity index (χ1) is 5.81. The molecule has 0 bridgehead atoms. The maximum absolute atomic E-state index is 11.1. The topological polar surface area (TPSA) is 38.3 Å². The number of benzene rings is 1. The third kappa shape index (κ3) is 1.19. The predicted molar refractivity (Wildman–Crippen MR) is 50.6 cm³/mol. The highest BCUT2D eigenvalue weighted by Crippen LogP contribution is 2.42. The highest BCUT2D eigenvalue weighted by atomic mass is 33.1. The second kappa shape index (κ2) is 2.99. The Morgan fingerprint density at radius 2 is 2.42 bits per heavy atom. The Morgan fingerprint density at radius 1 is 1.58 bits per heavy atom. The van der Waals surface area contributed by atoms with Gasteiger partial charge < -0.3 is 4.74 Å². The largest absolute Gasteiger partial charge is 0.495 e. The fourth-order valence-electron chi connectivity index (χ4n) is 1.04. The quantitative estimate of drug-likeness (QED) is 0.704. The summed E-state index contributed by atoms with van der Waals surface area (Å²) >= 11 is 0. The van der Waals surface area contributed by atoms with Gasteiger partial charge in [-0.25, -0.2) is 4.21 Å². The SMILES string of the molecule is COc1cccc2c1N[S@](=O)S2. The smallest absolute Gasteiger partial charge is 0.184 e. The van der Waals surface area contributed by atoms with Gasteiger partial charge in [0.2, 0.25) is 0 Å². The average Bonchev–Trinajstić information content (AvgIpc) is 2.44. The maximum atomic E-state index is 11.1. The number of anilines is 1. The zero-order valence-electron chi connectivity index (χ0n) is 6.37. The molecule has 0 amide bonds. The van der Waals surface area contributed by atoms with Crippen LogP contribution in [-0.4, -0.2) is 11.3 Å². The zero-order valence-corrected chi connectivity index (χ0v) is 8.00. The van der Waals surface area contributed by atoms with Crippen molar-refractivity contribution >= 4 is 26.5 Å². The molecule has 3 nitrogen and oxygen atoms in total. The number of rotatable bonds is 1. The summed E-state index contributed by atoms with van der Waals surface area (Å²) in [6, 6.07) is 5.64. The van der Waals surface area contributed by atoms with Crippen LogP contribution in [0.3, 0.4) is 0 Å². The van der Waals surface area contributed by atoms with E-state index in [0.29, 0.717) is 0 Å². The minimum atomic E-state index is -1.04. The molecule has 2 rings (SSSR count). The Labute approximate surface area is 76.5 Å². The molecule has 1 aromatic carbocycles. The molecule has 1 aliphatic rings. The number of para-hydroxylation sites is 1. The lowest BCUT2D eigenvalue weighted by molar-refractivity contribution is 0.416. The summed E-state index contributed by atoms with van der Waals surface area (Å²) in [5.74, 6) is 0.742. The van der Waals surface area contributed by atoms with Crippen LogP contribution in [0.15, 0.2) is 23.1 Å². The molecule has 0 fully saturated rings. The highest BCUT2D eigenvalue weighted by molar-refractivity contribution is 8.70. The van der Waals surface area contributed by atoms with Crippen LogP contribution in [0.25, 0.3) is 0 Å². The summed E-state index contributed by atoms with van der Waals surface area (Å²) < 4.78 is 19.0. The van der Waals surface area contributed by atoms with E-state index in [4.69, 9.17) is 4.74 Å². The van der Waals surface area contributed by atoms with Crippen molar-refractivity contribution in [3.8, 4) is 5.75 Å². The summed E-state index contributed by atoms with van der Waals surface area (Å²) in [7, 11) is 1.86. The molecule has 1 N–H and O–H groups in total. The normalized spacial score (nSPS) is 19.9. The van der Waals surface area contributed by atoms with Crippen molar-refractivity contribution in [3.63, 3.8) is 0 Å². The van der Waals surface area contributed by atoms with Crippen molar-refractivity contribution in [2.75, 3.05) is 11.8 Å². The zero-order chi connectivity index (χ0) is 8.55. The van der Waals surface area contributed by atoms with Crippen LogP contribution in [0.2, 0.25) is 0 Å². The van der Waals surface area contributed by atoms with Gasteiger partial charge in [0.05, 0.1) is 12.0 Å². The van der Waals surface area contributed by atoms with Gasteiger partial charge in [0.25, 0.3) is 0 Å². The van der Waals surface area contributed by atoms with E-state index in [-0.39, 0.29) is 0 Å². The van der Waals surface area contributed by atoms with Crippen molar-refractivity contribution in [3.05, 3.63) is 18.2 Å². The Hall–Kier alpha value is -0.680. The van der Waals surface area contributed by atoms with Gasteiger partial charge in [0, 0.05) is 0 Å². The van der Waals surface area contributed by atoms with Crippen molar-refractivity contribution in [2.24, 2.45) is 0 Å². The van der Waals surface area contributed by atoms with E-state index in [0.717, 1.165) is 16.3 Å². The van der Waals surface area contributed by atoms with E-state index >= 15 is 0 Å². The van der Waals surface area contributed by atoms with E-state index in [1.807, 2.05) is 18.2 Å². The standard InChI is InChI=1S/C7H7NO2S2/c1-10-5-3-2-4-6-7(5)8-12(9)11-6/h2-4,8H,1H3/t12-/m1/s1. The molecule has 1 aliphatic heterocycles. The predicted octanol–water partition coefficient (Wildman–Crippen LogP) is 1.79. The van der Waals surface area contributed by atoms with Crippen LogP contribution < -0.4 is 9.46 Å². The van der Waals surface area contributed by atoms with Gasteiger partial charge in [-0.15, -0.1) is 0 Å². The first-order valence-electron chi connectivity index (χ1n) is 3.35. The Kier molecular flexibility index (Phi) is 1.98. The molecule has 12 heavy (non-hydrogen) atoms. The summed E-state index contributed by atoms with van der Waals surface area (Å²) in [5.41, 5.74) is 0.836. The van der Waals surface area contributed by atoms with Crippen LogP contribution in [0.1, 0.15) is 0 Å². The second-order valence-electron chi connectivity index (χ2n) is 2.25. The second-order valence-corrected chi connectivity index (χ2v) is 4.94. The molecule has 1 aromatic rings. The van der Waals surface area contributed by atoms with Crippen molar-refractivity contribution in [1.82, 2.24) is 0 Å². The maximum Gasteiger partial charge on any atom is 0.184 e. The lowest BCUT2D eigenvalue weighted by Crippen LogP contribution is -1.94. The number of hydrogen-bond donors (Lipinski definition) is 1. The average molecular weight is 201 g/mol. The Morgan fingerprint density at radius 3 is 3.17 bits per heavy atom. The molecule has 0 unspecified atom stereocenters. The van der Waals surface area contributed by atoms with Crippen LogP contribution in [0.5, 0.6) is 5.75 Å². The van der Waals surface area contributed by atoms with Gasteiger partial charge in [0.1, 0.15) is 11.4 Å². The van der Waals surface area contributed by atoms with E-state index in [9.17, 15) is 4.21 Å². The molecule has 0 radical (unpaired) electrons. The van der Waals surface area contributed by atoms with Gasteiger partial charge in [-0.05, 0) is 22.9 Å². The summed E-state index contributed by atoms with van der Waals surface area (Å²) in [6.07, 6.45) is 0. The summed E-state index contributed by atoms with van der Waals surface area (Å²) in [5, 5.41) is 0. The molecular weight excluding hydrogens is 194 g/mol. The fourth-order valence-corrected chi connectivity index (χ4v) is 3.33. The number of hydrogen-bond acceptors (Lipinski definition) is 3. The van der Waals surface area contributed by atoms with Crippen molar-refractivity contribution < 1.29 is 8.95 Å². The van der Waals surface area contributed by atoms with Crippen LogP contribution in [0, 0.1) is 0 Å². The van der Waals surface area contributed by atoms with Crippen LogP contribution in [0.4, 0.5) is 5.69 Å². The molecule has 0 aliphatic carbocycles. The molecule has 0 saturated carbocycles. The third-order valence-corrected chi connectivity index (χ3v) is 3.84. The van der Waals surface area contributed by atoms with Gasteiger partial charge in [-0.3, -0.25) is 4.72 Å². The Balaban J connectivity index is 2.51. The van der Waals surface area contributed by atoms with Crippen LogP contribution >= 0.6 is 10.8 Å². The number of ether oxygens (including phenoxy) is 1. The summed E-state index contributed by atoms with van der Waals surface area (Å²) in [4.78, 5) is 0.979. The lowest BCUT2D eigenvalue weighted by Gasteiger charge is -2.03. The first kappa shape index (κ1) is 7.94. The Bertz CT molecular complexity index is 340. The van der Waals surface area contributed by atoms with Crippen molar-refractivity contribution in [1.29, 1.82) is 0 Å². The minimum Gasteiger partial charge on any atom is -0.495 e. The molecule has 1 atom stereocenters. The van der Waals surface area contributed by atoms with E-state index < -0.39 is 10.0 Å². The van der Waals surface area contributed by atoms with Gasteiger partial charge in [0.15, 0.2) is 10.0 Å². The molecule has 5 heteroatoms. The number of nitrogens with one attached hydrogen (secondary N) is 1. The first-order valence-corrected chi connectivity index (χ1v) is 5.83. The number of fused-ring (bicyclic) bond motifs is 1. The molecule has 0 aromatic heterocycles. The van der Waals surface area contributed by atoms with E-state index in [1.165, 1.54) is 10.8 Å². The molecule has 0 saturated heterocycles. The summed E-state index contributed by atoms with van der Waals surface area (Å²) in [6.45, 7) is 0. The minimum absolute atomic E-state index is 0.742. The molecule has 0 spiro atoms. The van der Waals surface area contributed by atoms with Gasteiger partial charge in [-0.1, -0.05) is 6.07 Å². The molecule has 1 heterocycles. The van der Waals surface area contributed by atoms with E-state index in [2.05, 4.69) is 4.72 Å². The lowest BCUT2D eigenvalue weighted by atomic mass is 10.3. The molecular formula is C7H7NO2S2.